The van der Waals surface area contributed by atoms with Gasteiger partial charge in [-0.2, -0.15) is 0 Å². The average Bonchev–Trinajstić information content (AvgIpc) is 2.90. The Hall–Kier alpha value is -2.28. The average molecular weight is 335 g/mol. The van der Waals surface area contributed by atoms with E-state index in [9.17, 15) is 18.8 Å². The number of quaternary nitrogens is 1. The summed E-state index contributed by atoms with van der Waals surface area (Å²) in [5.41, 5.74) is 0.401. The van der Waals surface area contributed by atoms with E-state index in [1.807, 2.05) is 0 Å². The van der Waals surface area contributed by atoms with Gasteiger partial charge in [-0.1, -0.05) is 0 Å². The number of imide groups is 1. The van der Waals surface area contributed by atoms with Crippen molar-refractivity contribution >= 4 is 23.5 Å². The van der Waals surface area contributed by atoms with Gasteiger partial charge in [0.25, 0.3) is 5.91 Å². The van der Waals surface area contributed by atoms with E-state index in [4.69, 9.17) is 4.74 Å². The van der Waals surface area contributed by atoms with Crippen molar-refractivity contribution in [3.8, 4) is 0 Å². The Kier molecular flexibility index (Phi) is 4.62. The Bertz CT molecular complexity index is 653. The zero-order chi connectivity index (χ0) is 17.3. The van der Waals surface area contributed by atoms with E-state index in [0.29, 0.717) is 31.6 Å². The van der Waals surface area contributed by atoms with E-state index in [2.05, 4.69) is 0 Å². The van der Waals surface area contributed by atoms with Gasteiger partial charge in [0, 0.05) is 12.8 Å². The third-order valence-electron chi connectivity index (χ3n) is 4.89. The number of methoxy groups -OCH3 is 1. The minimum Gasteiger partial charge on any atom is -0.469 e. The molecule has 0 saturated carbocycles. The molecule has 2 saturated heterocycles. The molecule has 2 fully saturated rings. The summed E-state index contributed by atoms with van der Waals surface area (Å²) in [6, 6.07) is 4.91. The van der Waals surface area contributed by atoms with Crippen molar-refractivity contribution in [2.45, 2.75) is 25.3 Å². The van der Waals surface area contributed by atoms with Crippen LogP contribution in [0.15, 0.2) is 24.3 Å². The molecule has 1 aromatic carbocycles. The summed E-state index contributed by atoms with van der Waals surface area (Å²) >= 11 is 0. The number of nitrogens with one attached hydrogen (secondary N) is 1. The van der Waals surface area contributed by atoms with Gasteiger partial charge in [0.1, 0.15) is 5.82 Å². The van der Waals surface area contributed by atoms with E-state index >= 15 is 0 Å². The fraction of sp³-hybridized carbons (Fsp3) is 0.471. The van der Waals surface area contributed by atoms with Crippen molar-refractivity contribution in [1.29, 1.82) is 0 Å². The smallest absolute Gasteiger partial charge is 0.309 e. The Morgan fingerprint density at radius 3 is 2.42 bits per heavy atom. The molecule has 2 amide bonds. The lowest BCUT2D eigenvalue weighted by molar-refractivity contribution is -0.920. The summed E-state index contributed by atoms with van der Waals surface area (Å²) in [5.74, 6) is -1.27. The highest BCUT2D eigenvalue weighted by Gasteiger charge is 2.47. The van der Waals surface area contributed by atoms with E-state index in [-0.39, 0.29) is 30.1 Å². The van der Waals surface area contributed by atoms with E-state index in [0.717, 1.165) is 9.80 Å². The van der Waals surface area contributed by atoms with Crippen LogP contribution >= 0.6 is 0 Å². The van der Waals surface area contributed by atoms with Gasteiger partial charge in [-0.3, -0.25) is 14.4 Å². The molecule has 0 radical (unpaired) electrons. The zero-order valence-electron chi connectivity index (χ0n) is 13.5. The number of carbonyl (C=O) groups excluding carboxylic acids is 3. The Morgan fingerprint density at radius 2 is 1.83 bits per heavy atom. The van der Waals surface area contributed by atoms with Crippen LogP contribution in [0.1, 0.15) is 19.3 Å². The van der Waals surface area contributed by atoms with Crippen molar-refractivity contribution in [2.75, 3.05) is 25.1 Å². The molecule has 1 aromatic rings. The SMILES string of the molecule is COC(=O)C1CC[NH+]([C@H]2CC(=O)N(c3ccc(F)cc3)C2=O)CC1. The zero-order valence-corrected chi connectivity index (χ0v) is 13.5. The molecular weight excluding hydrogens is 315 g/mol. The second kappa shape index (κ2) is 6.68. The lowest BCUT2D eigenvalue weighted by Crippen LogP contribution is -3.17. The number of ether oxygens (including phenoxy) is 1. The number of benzene rings is 1. The fourth-order valence-corrected chi connectivity index (χ4v) is 3.55. The second-order valence-corrected chi connectivity index (χ2v) is 6.26. The summed E-state index contributed by atoms with van der Waals surface area (Å²) in [5, 5.41) is 0. The van der Waals surface area contributed by atoms with Gasteiger partial charge in [0.05, 0.1) is 38.2 Å². The van der Waals surface area contributed by atoms with Crippen LogP contribution in [0.2, 0.25) is 0 Å². The summed E-state index contributed by atoms with van der Waals surface area (Å²) in [6.45, 7) is 1.31. The maximum atomic E-state index is 13.0. The van der Waals surface area contributed by atoms with Crippen LogP contribution < -0.4 is 9.80 Å². The molecule has 0 aliphatic carbocycles. The predicted molar refractivity (Wildman–Crippen MR) is 82.7 cm³/mol. The standard InChI is InChI=1S/C17H19FN2O4/c1-24-17(23)11-6-8-19(9-7-11)14-10-15(21)20(16(14)22)13-4-2-12(18)3-5-13/h2-5,11,14H,6-10H2,1H3/p+1/t14-/m0/s1. The summed E-state index contributed by atoms with van der Waals surface area (Å²) < 4.78 is 17.8. The third kappa shape index (κ3) is 3.03. The number of nitrogens with zero attached hydrogens (tertiary/aromatic N) is 1. The van der Waals surface area contributed by atoms with Crippen LogP contribution in [-0.4, -0.2) is 44.0 Å². The number of hydrogen-bond donors (Lipinski definition) is 1. The monoisotopic (exact) mass is 335 g/mol. The van der Waals surface area contributed by atoms with E-state index in [1.54, 1.807) is 0 Å². The molecule has 2 aliphatic rings. The molecule has 2 aliphatic heterocycles. The van der Waals surface area contributed by atoms with Crippen molar-refractivity contribution in [2.24, 2.45) is 5.92 Å². The molecule has 7 heteroatoms. The lowest BCUT2D eigenvalue weighted by atomic mass is 9.95. The molecule has 0 unspecified atom stereocenters. The molecular formula is C17H20FN2O4+. The highest BCUT2D eigenvalue weighted by molar-refractivity contribution is 6.21. The Morgan fingerprint density at radius 1 is 1.21 bits per heavy atom. The maximum absolute atomic E-state index is 13.0. The van der Waals surface area contributed by atoms with Gasteiger partial charge in [-0.25, -0.2) is 9.29 Å². The molecule has 1 N–H and O–H groups in total. The first kappa shape index (κ1) is 16.6. The van der Waals surface area contributed by atoms with Crippen molar-refractivity contribution in [3.05, 3.63) is 30.1 Å². The molecule has 2 heterocycles. The van der Waals surface area contributed by atoms with Gasteiger partial charge >= 0.3 is 5.97 Å². The molecule has 6 nitrogen and oxygen atoms in total. The second-order valence-electron chi connectivity index (χ2n) is 6.26. The summed E-state index contributed by atoms with van der Waals surface area (Å²) in [6.07, 6.45) is 1.45. The van der Waals surface area contributed by atoms with Gasteiger partial charge in [-0.15, -0.1) is 0 Å². The van der Waals surface area contributed by atoms with Crippen molar-refractivity contribution in [1.82, 2.24) is 0 Å². The van der Waals surface area contributed by atoms with Crippen LogP contribution in [0.25, 0.3) is 0 Å². The van der Waals surface area contributed by atoms with Crippen LogP contribution in [-0.2, 0) is 19.1 Å². The van der Waals surface area contributed by atoms with Crippen LogP contribution in [0.3, 0.4) is 0 Å². The third-order valence-corrected chi connectivity index (χ3v) is 4.89. The Balaban J connectivity index is 1.68. The number of hydrogen-bond acceptors (Lipinski definition) is 4. The normalized spacial score (nSPS) is 27.4. The van der Waals surface area contributed by atoms with E-state index < -0.39 is 11.9 Å². The van der Waals surface area contributed by atoms with Gasteiger partial charge in [0.2, 0.25) is 5.91 Å². The number of rotatable bonds is 3. The highest BCUT2D eigenvalue weighted by Crippen LogP contribution is 2.23. The molecule has 0 spiro atoms. The molecule has 3 rings (SSSR count). The molecule has 0 aromatic heterocycles. The first-order chi connectivity index (χ1) is 11.5. The number of carbonyl (C=O) groups is 3. The number of esters is 1. The van der Waals surface area contributed by atoms with Crippen molar-refractivity contribution < 1.29 is 28.4 Å². The maximum Gasteiger partial charge on any atom is 0.309 e. The topological polar surface area (TPSA) is 68.1 Å². The predicted octanol–water partition coefficient (Wildman–Crippen LogP) is -0.0745. The lowest BCUT2D eigenvalue weighted by Gasteiger charge is -2.30. The minimum absolute atomic E-state index is 0.126. The number of likely N-dealkylation sites (tertiary alicyclic amines) is 1. The largest absolute Gasteiger partial charge is 0.469 e. The van der Waals surface area contributed by atoms with E-state index in [1.165, 1.54) is 31.4 Å². The highest BCUT2D eigenvalue weighted by atomic mass is 19.1. The number of amides is 2. The van der Waals surface area contributed by atoms with Gasteiger partial charge in [0.15, 0.2) is 6.04 Å². The first-order valence-electron chi connectivity index (χ1n) is 8.06. The molecule has 24 heavy (non-hydrogen) atoms. The molecule has 1 atom stereocenters. The fourth-order valence-electron chi connectivity index (χ4n) is 3.55. The summed E-state index contributed by atoms with van der Waals surface area (Å²) in [4.78, 5) is 38.7. The van der Waals surface area contributed by atoms with Crippen molar-refractivity contribution in [3.63, 3.8) is 0 Å². The summed E-state index contributed by atoms with van der Waals surface area (Å²) in [7, 11) is 1.38. The van der Waals surface area contributed by atoms with Gasteiger partial charge in [-0.05, 0) is 24.3 Å². The van der Waals surface area contributed by atoms with Crippen LogP contribution in [0, 0.1) is 11.7 Å². The van der Waals surface area contributed by atoms with Crippen LogP contribution in [0.4, 0.5) is 10.1 Å². The van der Waals surface area contributed by atoms with Crippen LogP contribution in [0.5, 0.6) is 0 Å². The number of piperidine rings is 1. The number of anilines is 1. The molecule has 128 valence electrons. The quantitative estimate of drug-likeness (QED) is 0.620. The Labute approximate surface area is 139 Å². The number of halogens is 1. The molecule has 0 bridgehead atoms. The minimum atomic E-state index is -0.429. The van der Waals surface area contributed by atoms with Gasteiger partial charge < -0.3 is 9.64 Å². The first-order valence-corrected chi connectivity index (χ1v) is 8.06.